The van der Waals surface area contributed by atoms with Crippen LogP contribution in [0.15, 0.2) is 30.3 Å². The highest BCUT2D eigenvalue weighted by atomic mass is 16.5. The van der Waals surface area contributed by atoms with E-state index in [2.05, 4.69) is 16.9 Å². The number of benzene rings is 1. The second-order valence-corrected chi connectivity index (χ2v) is 7.50. The number of amides is 1. The minimum absolute atomic E-state index is 0.282. The van der Waals surface area contributed by atoms with Crippen LogP contribution in [-0.2, 0) is 24.8 Å². The summed E-state index contributed by atoms with van der Waals surface area (Å²) in [4.78, 5) is 13.4. The number of likely N-dealkylation sites (tertiary alicyclic amines) is 1. The van der Waals surface area contributed by atoms with E-state index in [0.29, 0.717) is 6.54 Å². The summed E-state index contributed by atoms with van der Waals surface area (Å²) in [5.74, 6) is -0.557. The van der Waals surface area contributed by atoms with Gasteiger partial charge in [0.15, 0.2) is 0 Å². The molecule has 1 saturated heterocycles. The van der Waals surface area contributed by atoms with E-state index in [0.717, 1.165) is 36.2 Å². The number of aliphatic hydroxyl groups excluding tert-OH is 1. The van der Waals surface area contributed by atoms with Gasteiger partial charge in [-0.15, -0.1) is 0 Å². The van der Waals surface area contributed by atoms with Crippen LogP contribution in [0.4, 0.5) is 0 Å². The largest absolute Gasteiger partial charge is 0.392 e. The fraction of sp³-hybridized carbons (Fsp3) is 0.429. The molecule has 1 aromatic heterocycles. The summed E-state index contributed by atoms with van der Waals surface area (Å²) < 4.78 is 1.92. The van der Waals surface area contributed by atoms with Gasteiger partial charge in [-0.05, 0) is 49.5 Å². The number of carbonyl (C=O) groups excluding carboxylic acids is 1. The van der Waals surface area contributed by atoms with Gasteiger partial charge >= 0.3 is 0 Å². The van der Waals surface area contributed by atoms with Crippen molar-refractivity contribution in [3.63, 3.8) is 0 Å². The molecule has 1 aromatic carbocycles. The third-order valence-corrected chi connectivity index (χ3v) is 5.51. The first-order valence-electron chi connectivity index (χ1n) is 9.49. The smallest absolute Gasteiger partial charge is 0.267 e. The van der Waals surface area contributed by atoms with Gasteiger partial charge in [0.05, 0.1) is 11.8 Å². The molecule has 1 amide bonds. The topological polar surface area (TPSA) is 90.6 Å². The predicted molar refractivity (Wildman–Crippen MR) is 107 cm³/mol. The lowest BCUT2D eigenvalue weighted by Crippen LogP contribution is -2.31. The SMILES string of the molecule is Cc1nn(C)c(C)c1C[C@H]1C[C@H](O)CN1Cc1ccc(C=CC(=O)NO)cc1. The van der Waals surface area contributed by atoms with Crippen molar-refractivity contribution in [1.29, 1.82) is 0 Å². The molecule has 0 spiro atoms. The van der Waals surface area contributed by atoms with Crippen LogP contribution in [0.1, 0.15) is 34.5 Å². The highest BCUT2D eigenvalue weighted by molar-refractivity contribution is 5.90. The van der Waals surface area contributed by atoms with Crippen LogP contribution < -0.4 is 5.48 Å². The number of hydrogen-bond acceptors (Lipinski definition) is 5. The van der Waals surface area contributed by atoms with Gasteiger partial charge < -0.3 is 5.11 Å². The number of aliphatic hydroxyl groups is 1. The van der Waals surface area contributed by atoms with Crippen molar-refractivity contribution < 1.29 is 15.1 Å². The Balaban J connectivity index is 1.68. The standard InChI is InChI=1S/C21H28N4O3/c1-14-20(15(2)24(3)22-14)11-18-10-19(26)13-25(18)12-17-6-4-16(5-7-17)8-9-21(27)23-28/h4-9,18-19,26,28H,10-13H2,1-3H3,(H,23,27)/t18-,19+/m1/s1. The number of rotatable bonds is 6. The summed E-state index contributed by atoms with van der Waals surface area (Å²) in [6.07, 6.45) is 4.28. The summed E-state index contributed by atoms with van der Waals surface area (Å²) in [5, 5.41) is 23.3. The monoisotopic (exact) mass is 384 g/mol. The van der Waals surface area contributed by atoms with Gasteiger partial charge in [0.2, 0.25) is 0 Å². The summed E-state index contributed by atoms with van der Waals surface area (Å²) in [6, 6.07) is 8.21. The average Bonchev–Trinajstić information content (AvgIpc) is 3.14. The van der Waals surface area contributed by atoms with Crippen molar-refractivity contribution in [1.82, 2.24) is 20.2 Å². The van der Waals surface area contributed by atoms with Crippen molar-refractivity contribution in [2.45, 2.75) is 45.4 Å². The lowest BCUT2D eigenvalue weighted by atomic mass is 10.0. The molecule has 1 aliphatic heterocycles. The third-order valence-electron chi connectivity index (χ3n) is 5.51. The summed E-state index contributed by atoms with van der Waals surface area (Å²) in [7, 11) is 1.97. The van der Waals surface area contributed by atoms with Crippen molar-refractivity contribution >= 4 is 12.0 Å². The van der Waals surface area contributed by atoms with Gasteiger partial charge in [-0.1, -0.05) is 24.3 Å². The molecule has 7 nitrogen and oxygen atoms in total. The summed E-state index contributed by atoms with van der Waals surface area (Å²) in [5.41, 5.74) is 7.12. The molecule has 0 saturated carbocycles. The molecule has 2 aromatic rings. The minimum atomic E-state index is -0.557. The van der Waals surface area contributed by atoms with E-state index in [1.807, 2.05) is 42.9 Å². The Morgan fingerprint density at radius 1 is 1.32 bits per heavy atom. The molecule has 3 N–H and O–H groups in total. The number of carbonyl (C=O) groups is 1. The molecule has 150 valence electrons. The molecule has 7 heteroatoms. The molecule has 0 unspecified atom stereocenters. The van der Waals surface area contributed by atoms with Crippen LogP contribution in [0.25, 0.3) is 6.08 Å². The fourth-order valence-corrected chi connectivity index (χ4v) is 3.89. The number of β-amino-alcohol motifs (C(OH)–C–C–N with tert-alkyl or cyclic N) is 1. The van der Waals surface area contributed by atoms with E-state index in [1.165, 1.54) is 17.3 Å². The highest BCUT2D eigenvalue weighted by Gasteiger charge is 2.32. The molecular weight excluding hydrogens is 356 g/mol. The van der Waals surface area contributed by atoms with E-state index in [-0.39, 0.29) is 12.1 Å². The average molecular weight is 384 g/mol. The van der Waals surface area contributed by atoms with Crippen LogP contribution in [0.5, 0.6) is 0 Å². The van der Waals surface area contributed by atoms with Crippen LogP contribution in [0.2, 0.25) is 0 Å². The molecule has 0 radical (unpaired) electrons. The Bertz CT molecular complexity index is 857. The Labute approximate surface area is 165 Å². The van der Waals surface area contributed by atoms with Gasteiger partial charge in [-0.2, -0.15) is 5.10 Å². The van der Waals surface area contributed by atoms with E-state index < -0.39 is 5.91 Å². The first kappa shape index (κ1) is 20.3. The van der Waals surface area contributed by atoms with Gasteiger partial charge in [0.25, 0.3) is 5.91 Å². The first-order chi connectivity index (χ1) is 13.4. The number of nitrogens with one attached hydrogen (secondary N) is 1. The molecule has 1 fully saturated rings. The second-order valence-electron chi connectivity index (χ2n) is 7.50. The molecule has 2 heterocycles. The van der Waals surface area contributed by atoms with Crippen molar-refractivity contribution in [2.75, 3.05) is 6.54 Å². The number of aromatic nitrogens is 2. The Hall–Kier alpha value is -2.48. The quantitative estimate of drug-likeness (QED) is 0.401. The normalized spacial score (nSPS) is 20.2. The van der Waals surface area contributed by atoms with Crippen LogP contribution in [0.3, 0.4) is 0 Å². The molecule has 2 atom stereocenters. The number of hydroxylamine groups is 1. The van der Waals surface area contributed by atoms with Crippen molar-refractivity contribution in [2.24, 2.45) is 7.05 Å². The molecule has 0 aliphatic carbocycles. The highest BCUT2D eigenvalue weighted by Crippen LogP contribution is 2.26. The van der Waals surface area contributed by atoms with Crippen LogP contribution in [0, 0.1) is 13.8 Å². The Morgan fingerprint density at radius 3 is 2.64 bits per heavy atom. The fourth-order valence-electron chi connectivity index (χ4n) is 3.89. The number of nitrogens with zero attached hydrogens (tertiary/aromatic N) is 3. The summed E-state index contributed by atoms with van der Waals surface area (Å²) >= 11 is 0. The maximum absolute atomic E-state index is 11.1. The van der Waals surface area contributed by atoms with E-state index in [9.17, 15) is 9.90 Å². The van der Waals surface area contributed by atoms with E-state index in [4.69, 9.17) is 5.21 Å². The van der Waals surface area contributed by atoms with Gasteiger partial charge in [-0.3, -0.25) is 19.6 Å². The van der Waals surface area contributed by atoms with Crippen molar-refractivity contribution in [3.8, 4) is 0 Å². The Morgan fingerprint density at radius 2 is 2.04 bits per heavy atom. The van der Waals surface area contributed by atoms with E-state index in [1.54, 1.807) is 11.6 Å². The molecule has 0 bridgehead atoms. The van der Waals surface area contributed by atoms with E-state index >= 15 is 0 Å². The van der Waals surface area contributed by atoms with Gasteiger partial charge in [0.1, 0.15) is 0 Å². The molecule has 1 aliphatic rings. The third kappa shape index (κ3) is 4.67. The lowest BCUT2D eigenvalue weighted by Gasteiger charge is -2.24. The predicted octanol–water partition coefficient (Wildman–Crippen LogP) is 1.73. The molecule has 28 heavy (non-hydrogen) atoms. The van der Waals surface area contributed by atoms with Crippen LogP contribution >= 0.6 is 0 Å². The van der Waals surface area contributed by atoms with Gasteiger partial charge in [0, 0.05) is 37.9 Å². The maximum atomic E-state index is 11.1. The second kappa shape index (κ2) is 8.68. The summed E-state index contributed by atoms with van der Waals surface area (Å²) in [6.45, 7) is 5.57. The van der Waals surface area contributed by atoms with Gasteiger partial charge in [-0.25, -0.2) is 5.48 Å². The zero-order valence-corrected chi connectivity index (χ0v) is 16.6. The first-order valence-corrected chi connectivity index (χ1v) is 9.49. The molecule has 3 rings (SSSR count). The lowest BCUT2D eigenvalue weighted by molar-refractivity contribution is -0.124. The van der Waals surface area contributed by atoms with Crippen molar-refractivity contribution in [3.05, 3.63) is 58.4 Å². The minimum Gasteiger partial charge on any atom is -0.392 e. The Kier molecular flexibility index (Phi) is 6.28. The number of aryl methyl sites for hydroxylation is 2. The zero-order valence-electron chi connectivity index (χ0n) is 16.6. The maximum Gasteiger partial charge on any atom is 0.267 e. The number of hydrogen-bond donors (Lipinski definition) is 3. The zero-order chi connectivity index (χ0) is 20.3. The van der Waals surface area contributed by atoms with Crippen LogP contribution in [-0.4, -0.2) is 49.6 Å². The molecular formula is C21H28N4O3.